The summed E-state index contributed by atoms with van der Waals surface area (Å²) in [5.41, 5.74) is 1.16. The number of carbonyl (C=O) groups excluding carboxylic acids is 1. The molecule has 1 aliphatic rings. The molecule has 0 fully saturated rings. The number of thiophene rings is 1. The Morgan fingerprint density at radius 2 is 2.08 bits per heavy atom. The van der Waals surface area contributed by atoms with Gasteiger partial charge in [-0.05, 0) is 24.8 Å². The van der Waals surface area contributed by atoms with Crippen LogP contribution in [0.5, 0.6) is 0 Å². The molecule has 70 valence electrons. The normalized spacial score (nSPS) is 20.1. The molecule has 0 saturated heterocycles. The Bertz CT molecular complexity index is 360. The number of hydrogen-bond donors (Lipinski definition) is 0. The fraction of sp³-hybridized carbons (Fsp3) is 0.545. The van der Waals surface area contributed by atoms with Crippen molar-refractivity contribution in [1.82, 2.24) is 0 Å². The molecule has 13 heavy (non-hydrogen) atoms. The number of hydrogen-bond acceptors (Lipinski definition) is 2. The molecule has 0 N–H and O–H groups in total. The van der Waals surface area contributed by atoms with Crippen LogP contribution in [0.4, 0.5) is 0 Å². The van der Waals surface area contributed by atoms with E-state index in [-0.39, 0.29) is 5.41 Å². The molecule has 1 nitrogen and oxygen atoms in total. The van der Waals surface area contributed by atoms with Crippen LogP contribution in [0.3, 0.4) is 0 Å². The second kappa shape index (κ2) is 2.68. The molecule has 2 rings (SSSR count). The van der Waals surface area contributed by atoms with Gasteiger partial charge in [-0.15, -0.1) is 11.3 Å². The molecule has 1 aliphatic carbocycles. The van der Waals surface area contributed by atoms with E-state index in [2.05, 4.69) is 20.8 Å². The van der Waals surface area contributed by atoms with Crippen molar-refractivity contribution in [3.63, 3.8) is 0 Å². The van der Waals surface area contributed by atoms with Crippen LogP contribution in [-0.2, 0) is 6.42 Å². The van der Waals surface area contributed by atoms with Crippen LogP contribution in [0, 0.1) is 12.3 Å². The van der Waals surface area contributed by atoms with Gasteiger partial charge in [0.2, 0.25) is 0 Å². The third-order valence-electron chi connectivity index (χ3n) is 2.51. The van der Waals surface area contributed by atoms with Crippen LogP contribution >= 0.6 is 11.3 Å². The van der Waals surface area contributed by atoms with Crippen LogP contribution < -0.4 is 0 Å². The van der Waals surface area contributed by atoms with Crippen molar-refractivity contribution in [2.45, 2.75) is 33.6 Å². The van der Waals surface area contributed by atoms with E-state index in [1.165, 1.54) is 9.75 Å². The highest BCUT2D eigenvalue weighted by Gasteiger charge is 2.31. The first kappa shape index (κ1) is 8.95. The monoisotopic (exact) mass is 194 g/mol. The topological polar surface area (TPSA) is 17.1 Å². The first-order valence-electron chi connectivity index (χ1n) is 4.60. The molecule has 0 bridgehead atoms. The largest absolute Gasteiger partial charge is 0.294 e. The Hall–Kier alpha value is -0.630. The quantitative estimate of drug-likeness (QED) is 0.619. The van der Waals surface area contributed by atoms with Crippen LogP contribution in [0.2, 0.25) is 0 Å². The second-order valence-electron chi connectivity index (χ2n) is 4.63. The molecular weight excluding hydrogens is 180 g/mol. The maximum Gasteiger partial charge on any atom is 0.164 e. The Balaban J connectivity index is 2.48. The van der Waals surface area contributed by atoms with Gasteiger partial charge in [-0.2, -0.15) is 0 Å². The molecule has 1 heterocycles. The summed E-state index contributed by atoms with van der Waals surface area (Å²) in [6.07, 6.45) is 1.77. The predicted octanol–water partition coefficient (Wildman–Crippen LogP) is 3.21. The van der Waals surface area contributed by atoms with E-state index >= 15 is 0 Å². The van der Waals surface area contributed by atoms with Crippen molar-refractivity contribution in [2.24, 2.45) is 5.41 Å². The zero-order chi connectivity index (χ0) is 9.64. The first-order chi connectivity index (χ1) is 5.98. The molecule has 1 aromatic rings. The van der Waals surface area contributed by atoms with Crippen molar-refractivity contribution in [3.05, 3.63) is 21.4 Å². The van der Waals surface area contributed by atoms with E-state index in [0.29, 0.717) is 12.2 Å². The molecule has 0 radical (unpaired) electrons. The van der Waals surface area contributed by atoms with Crippen molar-refractivity contribution in [2.75, 3.05) is 0 Å². The fourth-order valence-electron chi connectivity index (χ4n) is 1.96. The smallest absolute Gasteiger partial charge is 0.164 e. The Labute approximate surface area is 82.8 Å². The summed E-state index contributed by atoms with van der Waals surface area (Å²) in [5.74, 6) is 0.329. The summed E-state index contributed by atoms with van der Waals surface area (Å²) in [6, 6.07) is 2.04. The Kier molecular flexibility index (Phi) is 1.84. The molecular formula is C11H14OS. The average Bonchev–Trinajstić information content (AvgIpc) is 2.27. The summed E-state index contributed by atoms with van der Waals surface area (Å²) in [6.45, 7) is 6.41. The highest BCUT2D eigenvalue weighted by Crippen LogP contribution is 2.38. The number of rotatable bonds is 0. The van der Waals surface area contributed by atoms with Crippen LogP contribution in [0.15, 0.2) is 6.07 Å². The van der Waals surface area contributed by atoms with E-state index in [9.17, 15) is 4.79 Å². The van der Waals surface area contributed by atoms with Crippen molar-refractivity contribution in [1.29, 1.82) is 0 Å². The molecule has 0 spiro atoms. The van der Waals surface area contributed by atoms with Crippen molar-refractivity contribution in [3.8, 4) is 0 Å². The number of ketones is 1. The standard InChI is InChI=1S/C11H14OS/c1-7-4-8-9(12)5-11(2,3)6-10(8)13-7/h4H,5-6H2,1-3H3. The third kappa shape index (κ3) is 1.55. The second-order valence-corrected chi connectivity index (χ2v) is 5.98. The van der Waals surface area contributed by atoms with Crippen LogP contribution in [0.25, 0.3) is 0 Å². The molecule has 0 aromatic carbocycles. The lowest BCUT2D eigenvalue weighted by atomic mass is 9.77. The van der Waals surface area contributed by atoms with Gasteiger partial charge in [0.15, 0.2) is 5.78 Å². The summed E-state index contributed by atoms with van der Waals surface area (Å²) >= 11 is 1.78. The summed E-state index contributed by atoms with van der Waals surface area (Å²) in [5, 5.41) is 0. The van der Waals surface area contributed by atoms with Gasteiger partial charge in [-0.3, -0.25) is 4.79 Å². The molecule has 0 unspecified atom stereocenters. The molecule has 0 saturated carbocycles. The zero-order valence-corrected chi connectivity index (χ0v) is 9.12. The minimum Gasteiger partial charge on any atom is -0.294 e. The molecule has 0 atom stereocenters. The Morgan fingerprint density at radius 3 is 2.77 bits per heavy atom. The van der Waals surface area contributed by atoms with E-state index in [4.69, 9.17) is 0 Å². The maximum atomic E-state index is 11.7. The molecule has 1 aromatic heterocycles. The fourth-order valence-corrected chi connectivity index (χ4v) is 3.27. The van der Waals surface area contributed by atoms with E-state index < -0.39 is 0 Å². The zero-order valence-electron chi connectivity index (χ0n) is 8.31. The molecule has 0 amide bonds. The lowest BCUT2D eigenvalue weighted by Gasteiger charge is -2.27. The van der Waals surface area contributed by atoms with Gasteiger partial charge in [0.25, 0.3) is 0 Å². The number of Topliss-reactive ketones (excluding diaryl/α,β-unsaturated/α-hetero) is 1. The number of carbonyl (C=O) groups is 1. The van der Waals surface area contributed by atoms with Gasteiger partial charge in [-0.25, -0.2) is 0 Å². The van der Waals surface area contributed by atoms with Crippen molar-refractivity contribution < 1.29 is 4.79 Å². The lowest BCUT2D eigenvalue weighted by Crippen LogP contribution is -2.25. The molecule has 0 aliphatic heterocycles. The van der Waals surface area contributed by atoms with Gasteiger partial charge in [0.1, 0.15) is 0 Å². The van der Waals surface area contributed by atoms with Gasteiger partial charge in [-0.1, -0.05) is 13.8 Å². The van der Waals surface area contributed by atoms with Crippen LogP contribution in [-0.4, -0.2) is 5.78 Å². The minimum absolute atomic E-state index is 0.168. The lowest BCUT2D eigenvalue weighted by molar-refractivity contribution is 0.0914. The minimum atomic E-state index is 0.168. The van der Waals surface area contributed by atoms with Gasteiger partial charge >= 0.3 is 0 Å². The summed E-state index contributed by atoms with van der Waals surface area (Å²) in [7, 11) is 0. The van der Waals surface area contributed by atoms with E-state index in [1.807, 2.05) is 6.07 Å². The Morgan fingerprint density at radius 1 is 1.38 bits per heavy atom. The van der Waals surface area contributed by atoms with E-state index in [0.717, 1.165) is 12.0 Å². The average molecular weight is 194 g/mol. The van der Waals surface area contributed by atoms with Gasteiger partial charge < -0.3 is 0 Å². The SMILES string of the molecule is Cc1cc2c(s1)CC(C)(C)CC2=O. The summed E-state index contributed by atoms with van der Waals surface area (Å²) < 4.78 is 0. The first-order valence-corrected chi connectivity index (χ1v) is 5.42. The van der Waals surface area contributed by atoms with Crippen molar-refractivity contribution >= 4 is 17.1 Å². The third-order valence-corrected chi connectivity index (χ3v) is 3.56. The number of aryl methyl sites for hydroxylation is 1. The molecule has 2 heteroatoms. The highest BCUT2D eigenvalue weighted by atomic mass is 32.1. The van der Waals surface area contributed by atoms with Gasteiger partial charge in [0.05, 0.1) is 0 Å². The van der Waals surface area contributed by atoms with E-state index in [1.54, 1.807) is 11.3 Å². The number of fused-ring (bicyclic) bond motifs is 1. The maximum absolute atomic E-state index is 11.7. The van der Waals surface area contributed by atoms with Gasteiger partial charge in [0, 0.05) is 21.7 Å². The van der Waals surface area contributed by atoms with Crippen LogP contribution in [0.1, 0.15) is 40.4 Å². The highest BCUT2D eigenvalue weighted by molar-refractivity contribution is 7.12. The predicted molar refractivity (Wildman–Crippen MR) is 55.5 cm³/mol. The summed E-state index contributed by atoms with van der Waals surface area (Å²) in [4.78, 5) is 14.3.